The Kier molecular flexibility index (Phi) is 3.64. The third-order valence-electron chi connectivity index (χ3n) is 2.95. The number of nitrogens with one attached hydrogen (secondary N) is 1. The van der Waals surface area contributed by atoms with E-state index in [1.165, 1.54) is 24.3 Å². The number of aromatic carboxylic acids is 2. The van der Waals surface area contributed by atoms with Crippen molar-refractivity contribution in [3.05, 3.63) is 51.3 Å². The van der Waals surface area contributed by atoms with Gasteiger partial charge in [-0.3, -0.25) is 4.79 Å². The lowest BCUT2D eigenvalue weighted by Gasteiger charge is -2.12. The molecule has 5 N–H and O–H groups in total. The number of carboxylic acids is 2. The van der Waals surface area contributed by atoms with Crippen LogP contribution in [0.5, 0.6) is 0 Å². The molecule has 1 heterocycles. The molecule has 110 valence electrons. The van der Waals surface area contributed by atoms with Gasteiger partial charge >= 0.3 is 11.9 Å². The van der Waals surface area contributed by atoms with Crippen LogP contribution in [0.2, 0.25) is 0 Å². The van der Waals surface area contributed by atoms with E-state index in [0.717, 1.165) is 0 Å². The van der Waals surface area contributed by atoms with Gasteiger partial charge in [-0.25, -0.2) is 9.59 Å². The molecule has 1 aromatic heterocycles. The minimum absolute atomic E-state index is 0.103. The van der Waals surface area contributed by atoms with E-state index in [4.69, 9.17) is 11.0 Å². The third kappa shape index (κ3) is 2.38. The number of hydrogen-bond acceptors (Lipinski definition) is 5. The summed E-state index contributed by atoms with van der Waals surface area (Å²) in [5.41, 5.74) is 3.15. The summed E-state index contributed by atoms with van der Waals surface area (Å²) in [6.07, 6.45) is 0. The average Bonchev–Trinajstić information content (AvgIpc) is 2.45. The molecule has 2 rings (SSSR count). The predicted octanol–water partition coefficient (Wildman–Crippen LogP) is 0.892. The SMILES string of the molecule is N#Cc1cccc(-c2c(C(=O)O)c(N)[nH]c(=O)c2C(=O)O)c1. The van der Waals surface area contributed by atoms with E-state index in [0.29, 0.717) is 0 Å². The Bertz CT molecular complexity index is 892. The Labute approximate surface area is 123 Å². The number of H-pyrrole nitrogens is 1. The molecule has 0 aliphatic carbocycles. The van der Waals surface area contributed by atoms with Crippen LogP contribution in [0.4, 0.5) is 5.82 Å². The van der Waals surface area contributed by atoms with Gasteiger partial charge in [0.25, 0.3) is 5.56 Å². The number of rotatable bonds is 3. The Hall–Kier alpha value is -3.60. The van der Waals surface area contributed by atoms with Crippen LogP contribution in [0, 0.1) is 11.3 Å². The summed E-state index contributed by atoms with van der Waals surface area (Å²) in [4.78, 5) is 36.6. The molecule has 8 heteroatoms. The van der Waals surface area contributed by atoms with Gasteiger partial charge in [-0.05, 0) is 17.7 Å². The van der Waals surface area contributed by atoms with Crippen LogP contribution >= 0.6 is 0 Å². The first-order chi connectivity index (χ1) is 10.4. The van der Waals surface area contributed by atoms with Crippen LogP contribution in [-0.4, -0.2) is 27.1 Å². The van der Waals surface area contributed by atoms with Crippen LogP contribution in [-0.2, 0) is 0 Å². The first-order valence-electron chi connectivity index (χ1n) is 5.89. The van der Waals surface area contributed by atoms with Gasteiger partial charge in [-0.1, -0.05) is 12.1 Å². The molecule has 0 amide bonds. The quantitative estimate of drug-likeness (QED) is 0.655. The van der Waals surface area contributed by atoms with Gasteiger partial charge in [0.1, 0.15) is 16.9 Å². The van der Waals surface area contributed by atoms with Crippen molar-refractivity contribution in [1.82, 2.24) is 4.98 Å². The molecule has 22 heavy (non-hydrogen) atoms. The highest BCUT2D eigenvalue weighted by Crippen LogP contribution is 2.29. The molecule has 0 aliphatic heterocycles. The number of hydrogen-bond donors (Lipinski definition) is 4. The number of nitrogen functional groups attached to an aromatic ring is 1. The van der Waals surface area contributed by atoms with Crippen LogP contribution in [0.25, 0.3) is 11.1 Å². The molecule has 0 fully saturated rings. The number of pyridine rings is 1. The van der Waals surface area contributed by atoms with Gasteiger partial charge in [-0.15, -0.1) is 0 Å². The minimum Gasteiger partial charge on any atom is -0.478 e. The lowest BCUT2D eigenvalue weighted by atomic mass is 9.94. The van der Waals surface area contributed by atoms with E-state index >= 15 is 0 Å². The van der Waals surface area contributed by atoms with Crippen LogP contribution in [0.15, 0.2) is 29.1 Å². The lowest BCUT2D eigenvalue weighted by Crippen LogP contribution is -2.24. The lowest BCUT2D eigenvalue weighted by molar-refractivity contribution is 0.0695. The topological polar surface area (TPSA) is 157 Å². The van der Waals surface area contributed by atoms with Crippen LogP contribution in [0.1, 0.15) is 26.3 Å². The summed E-state index contributed by atoms with van der Waals surface area (Å²) in [6.45, 7) is 0. The van der Waals surface area contributed by atoms with Gasteiger partial charge in [0, 0.05) is 5.56 Å². The number of aromatic amines is 1. The molecule has 0 bridgehead atoms. The smallest absolute Gasteiger partial charge is 0.342 e. The molecule has 0 spiro atoms. The monoisotopic (exact) mass is 299 g/mol. The molecule has 0 saturated heterocycles. The van der Waals surface area contributed by atoms with Gasteiger partial charge in [0.15, 0.2) is 0 Å². The molecule has 2 aromatic rings. The van der Waals surface area contributed by atoms with Crippen molar-refractivity contribution >= 4 is 17.8 Å². The number of nitrogens with two attached hydrogens (primary N) is 1. The largest absolute Gasteiger partial charge is 0.478 e. The second-order valence-corrected chi connectivity index (χ2v) is 4.30. The maximum Gasteiger partial charge on any atom is 0.342 e. The zero-order valence-electron chi connectivity index (χ0n) is 11.0. The highest BCUT2D eigenvalue weighted by molar-refractivity contribution is 6.07. The summed E-state index contributed by atoms with van der Waals surface area (Å²) < 4.78 is 0. The summed E-state index contributed by atoms with van der Waals surface area (Å²) >= 11 is 0. The van der Waals surface area contributed by atoms with Crippen molar-refractivity contribution in [2.75, 3.05) is 5.73 Å². The number of anilines is 1. The Morgan fingerprint density at radius 1 is 1.18 bits per heavy atom. The maximum absolute atomic E-state index is 11.8. The molecule has 0 atom stereocenters. The fraction of sp³-hybridized carbons (Fsp3) is 0. The Morgan fingerprint density at radius 3 is 2.36 bits per heavy atom. The van der Waals surface area contributed by atoms with E-state index in [9.17, 15) is 24.6 Å². The highest BCUT2D eigenvalue weighted by Gasteiger charge is 2.26. The third-order valence-corrected chi connectivity index (χ3v) is 2.95. The fourth-order valence-corrected chi connectivity index (χ4v) is 2.08. The summed E-state index contributed by atoms with van der Waals surface area (Å²) in [6, 6.07) is 7.44. The molecular weight excluding hydrogens is 290 g/mol. The van der Waals surface area contributed by atoms with Crippen molar-refractivity contribution in [1.29, 1.82) is 5.26 Å². The summed E-state index contributed by atoms with van der Waals surface area (Å²) in [7, 11) is 0. The van der Waals surface area contributed by atoms with Crippen molar-refractivity contribution in [3.8, 4) is 17.2 Å². The zero-order chi connectivity index (χ0) is 16.4. The van der Waals surface area contributed by atoms with Gasteiger partial charge < -0.3 is 20.9 Å². The fourth-order valence-electron chi connectivity index (χ4n) is 2.08. The van der Waals surface area contributed by atoms with Gasteiger partial charge in [0.05, 0.1) is 11.6 Å². The number of carbonyl (C=O) groups is 2. The average molecular weight is 299 g/mol. The molecule has 0 aliphatic rings. The van der Waals surface area contributed by atoms with Crippen LogP contribution in [0.3, 0.4) is 0 Å². The van der Waals surface area contributed by atoms with Gasteiger partial charge in [-0.2, -0.15) is 5.26 Å². The van der Waals surface area contributed by atoms with Gasteiger partial charge in [0.2, 0.25) is 0 Å². The van der Waals surface area contributed by atoms with Crippen molar-refractivity contribution in [3.63, 3.8) is 0 Å². The number of carboxylic acid groups (broad SMARTS) is 2. The van der Waals surface area contributed by atoms with Crippen molar-refractivity contribution in [2.24, 2.45) is 0 Å². The Morgan fingerprint density at radius 2 is 1.82 bits per heavy atom. The molecule has 0 unspecified atom stereocenters. The van der Waals surface area contributed by atoms with E-state index < -0.39 is 34.4 Å². The molecular formula is C14H9N3O5. The number of nitriles is 1. The van der Waals surface area contributed by atoms with Crippen LogP contribution < -0.4 is 11.3 Å². The standard InChI is InChI=1S/C14H9N3O5/c15-5-6-2-1-3-7(4-6)8-9(13(19)20)11(16)17-12(18)10(8)14(21)22/h1-4H,(H,19,20)(H,21,22)(H3,16,17,18). The van der Waals surface area contributed by atoms with E-state index in [2.05, 4.69) is 0 Å². The normalized spacial score (nSPS) is 9.95. The first kappa shape index (κ1) is 14.8. The highest BCUT2D eigenvalue weighted by atomic mass is 16.4. The second-order valence-electron chi connectivity index (χ2n) is 4.30. The number of nitrogens with zero attached hydrogens (tertiary/aromatic N) is 1. The van der Waals surface area contributed by atoms with Crippen molar-refractivity contribution < 1.29 is 19.8 Å². The number of benzene rings is 1. The zero-order valence-corrected chi connectivity index (χ0v) is 11.0. The number of aromatic nitrogens is 1. The first-order valence-corrected chi connectivity index (χ1v) is 5.89. The van der Waals surface area contributed by atoms with E-state index in [-0.39, 0.29) is 16.7 Å². The van der Waals surface area contributed by atoms with Crippen molar-refractivity contribution in [2.45, 2.75) is 0 Å². The summed E-state index contributed by atoms with van der Waals surface area (Å²) in [5.74, 6) is -3.55. The molecule has 0 saturated carbocycles. The second kappa shape index (κ2) is 5.41. The van der Waals surface area contributed by atoms with E-state index in [1.54, 1.807) is 0 Å². The minimum atomic E-state index is -1.60. The molecule has 0 radical (unpaired) electrons. The molecule has 8 nitrogen and oxygen atoms in total. The molecule has 1 aromatic carbocycles. The predicted molar refractivity (Wildman–Crippen MR) is 75.5 cm³/mol. The maximum atomic E-state index is 11.8. The Balaban J connectivity index is 2.99. The van der Waals surface area contributed by atoms with E-state index in [1.807, 2.05) is 11.1 Å². The summed E-state index contributed by atoms with van der Waals surface area (Å²) in [5, 5.41) is 27.4.